The number of nitrogens with one attached hydrogen (secondary N) is 1. The van der Waals surface area contributed by atoms with Crippen LogP contribution in [0, 0.1) is 5.92 Å². The molecule has 2 heterocycles. The van der Waals surface area contributed by atoms with Gasteiger partial charge in [-0.25, -0.2) is 4.79 Å². The van der Waals surface area contributed by atoms with E-state index in [9.17, 15) is 14.4 Å². The van der Waals surface area contributed by atoms with Crippen molar-refractivity contribution in [1.82, 2.24) is 19.4 Å². The summed E-state index contributed by atoms with van der Waals surface area (Å²) in [6.07, 6.45) is 1.90. The highest BCUT2D eigenvalue weighted by Gasteiger charge is 2.24. The lowest BCUT2D eigenvalue weighted by Gasteiger charge is -2.33. The van der Waals surface area contributed by atoms with Gasteiger partial charge in [0.05, 0.1) is 10.9 Å². The number of hydrogen-bond donors (Lipinski definition) is 1. The zero-order valence-corrected chi connectivity index (χ0v) is 14.7. The Morgan fingerprint density at radius 3 is 2.56 bits per heavy atom. The first-order valence-corrected chi connectivity index (χ1v) is 8.60. The van der Waals surface area contributed by atoms with Crippen LogP contribution in [0.15, 0.2) is 33.9 Å². The number of aromatic nitrogens is 2. The van der Waals surface area contributed by atoms with Crippen LogP contribution in [0.25, 0.3) is 10.9 Å². The molecule has 25 heavy (non-hydrogen) atoms. The Balaban J connectivity index is 1.73. The van der Waals surface area contributed by atoms with Crippen LogP contribution in [-0.4, -0.2) is 59.0 Å². The molecule has 1 aliphatic heterocycles. The molecule has 0 spiro atoms. The number of piperidine rings is 1. The molecule has 0 aliphatic carbocycles. The van der Waals surface area contributed by atoms with E-state index in [1.807, 2.05) is 0 Å². The van der Waals surface area contributed by atoms with E-state index in [0.29, 0.717) is 29.9 Å². The molecule has 0 saturated carbocycles. The molecule has 1 fully saturated rings. The third kappa shape index (κ3) is 3.82. The first-order chi connectivity index (χ1) is 12.0. The minimum absolute atomic E-state index is 0.175. The van der Waals surface area contributed by atoms with Crippen molar-refractivity contribution in [2.45, 2.75) is 19.4 Å². The molecule has 7 heteroatoms. The van der Waals surface area contributed by atoms with Gasteiger partial charge in [0, 0.05) is 19.6 Å². The summed E-state index contributed by atoms with van der Waals surface area (Å²) in [5, 5.41) is 0.416. The number of H-pyrrole nitrogens is 1. The van der Waals surface area contributed by atoms with Crippen LogP contribution in [0.1, 0.15) is 12.8 Å². The Morgan fingerprint density at radius 2 is 1.88 bits per heavy atom. The number of benzene rings is 1. The fourth-order valence-electron chi connectivity index (χ4n) is 3.46. The first-order valence-electron chi connectivity index (χ1n) is 8.60. The Kier molecular flexibility index (Phi) is 5.03. The molecule has 1 saturated heterocycles. The third-order valence-corrected chi connectivity index (χ3v) is 4.77. The van der Waals surface area contributed by atoms with Crippen molar-refractivity contribution in [3.05, 3.63) is 45.1 Å². The molecular formula is C18H24N4O3. The van der Waals surface area contributed by atoms with Crippen molar-refractivity contribution in [1.29, 1.82) is 0 Å². The van der Waals surface area contributed by atoms with E-state index in [-0.39, 0.29) is 12.5 Å². The lowest BCUT2D eigenvalue weighted by atomic mass is 9.96. The smallest absolute Gasteiger partial charge is 0.329 e. The number of para-hydroxylation sites is 1. The van der Waals surface area contributed by atoms with E-state index in [0.717, 1.165) is 24.0 Å². The van der Waals surface area contributed by atoms with Crippen LogP contribution in [0.3, 0.4) is 0 Å². The highest BCUT2D eigenvalue weighted by atomic mass is 16.2. The average molecular weight is 344 g/mol. The maximum Gasteiger partial charge on any atom is 0.329 e. The summed E-state index contributed by atoms with van der Waals surface area (Å²) < 4.78 is 0.997. The second-order valence-electron chi connectivity index (χ2n) is 6.95. The molecule has 1 aromatic carbocycles. The molecular weight excluding hydrogens is 320 g/mol. The molecule has 0 bridgehead atoms. The minimum atomic E-state index is -0.542. The molecule has 2 aromatic rings. The fraction of sp³-hybridized carbons (Fsp3) is 0.500. The summed E-state index contributed by atoms with van der Waals surface area (Å²) >= 11 is 0. The number of rotatable bonds is 4. The number of hydrogen-bond acceptors (Lipinski definition) is 4. The summed E-state index contributed by atoms with van der Waals surface area (Å²) in [4.78, 5) is 43.8. The summed E-state index contributed by atoms with van der Waals surface area (Å²) in [6, 6.07) is 6.83. The summed E-state index contributed by atoms with van der Waals surface area (Å²) in [5.74, 6) is 0.414. The maximum atomic E-state index is 12.5. The van der Waals surface area contributed by atoms with Gasteiger partial charge >= 0.3 is 5.69 Å². The normalized spacial score (nSPS) is 15.9. The van der Waals surface area contributed by atoms with Gasteiger partial charge in [-0.15, -0.1) is 0 Å². The van der Waals surface area contributed by atoms with Gasteiger partial charge in [0.2, 0.25) is 5.91 Å². The van der Waals surface area contributed by atoms with Crippen molar-refractivity contribution in [2.24, 2.45) is 5.92 Å². The largest absolute Gasteiger partial charge is 0.341 e. The van der Waals surface area contributed by atoms with Gasteiger partial charge in [-0.3, -0.25) is 14.2 Å². The molecule has 0 unspecified atom stereocenters. The summed E-state index contributed by atoms with van der Waals surface area (Å²) in [7, 11) is 4.10. The number of carbonyl (C=O) groups is 1. The van der Waals surface area contributed by atoms with Gasteiger partial charge in [0.15, 0.2) is 0 Å². The van der Waals surface area contributed by atoms with Gasteiger partial charge in [0.25, 0.3) is 5.56 Å². The standard InChI is InChI=1S/C18H24N4O3/c1-20(2)11-13-7-9-21(10-8-13)16(23)12-22-17(24)14-5-3-4-6-15(14)19-18(22)25/h3-6,13H,7-12H2,1-2H3,(H,19,25). The zero-order valence-electron chi connectivity index (χ0n) is 14.7. The molecule has 1 aliphatic rings. The van der Waals surface area contributed by atoms with Crippen molar-refractivity contribution in [2.75, 3.05) is 33.7 Å². The van der Waals surface area contributed by atoms with Crippen LogP contribution in [-0.2, 0) is 11.3 Å². The molecule has 1 aromatic heterocycles. The fourth-order valence-corrected chi connectivity index (χ4v) is 3.46. The number of likely N-dealkylation sites (tertiary alicyclic amines) is 1. The SMILES string of the molecule is CN(C)CC1CCN(C(=O)Cn2c(=O)[nH]c3ccccc3c2=O)CC1. The van der Waals surface area contributed by atoms with Crippen LogP contribution in [0.4, 0.5) is 0 Å². The van der Waals surface area contributed by atoms with Gasteiger partial charge in [-0.2, -0.15) is 0 Å². The van der Waals surface area contributed by atoms with E-state index < -0.39 is 11.2 Å². The lowest BCUT2D eigenvalue weighted by molar-refractivity contribution is -0.133. The lowest BCUT2D eigenvalue weighted by Crippen LogP contribution is -2.45. The van der Waals surface area contributed by atoms with Crippen molar-refractivity contribution >= 4 is 16.8 Å². The Hall–Kier alpha value is -2.41. The van der Waals surface area contributed by atoms with E-state index in [2.05, 4.69) is 24.0 Å². The predicted molar refractivity (Wildman–Crippen MR) is 96.7 cm³/mol. The van der Waals surface area contributed by atoms with Crippen LogP contribution in [0.2, 0.25) is 0 Å². The molecule has 7 nitrogen and oxygen atoms in total. The monoisotopic (exact) mass is 344 g/mol. The highest BCUT2D eigenvalue weighted by molar-refractivity contribution is 5.79. The Bertz CT molecular complexity index is 876. The second-order valence-corrected chi connectivity index (χ2v) is 6.95. The molecule has 1 amide bonds. The maximum absolute atomic E-state index is 12.5. The zero-order chi connectivity index (χ0) is 18.0. The number of nitrogens with zero attached hydrogens (tertiary/aromatic N) is 3. The quantitative estimate of drug-likeness (QED) is 0.876. The van der Waals surface area contributed by atoms with Crippen molar-refractivity contribution in [3.8, 4) is 0 Å². The van der Waals surface area contributed by atoms with E-state index in [1.165, 1.54) is 0 Å². The Morgan fingerprint density at radius 1 is 1.20 bits per heavy atom. The van der Waals surface area contributed by atoms with Crippen LogP contribution < -0.4 is 11.2 Å². The van der Waals surface area contributed by atoms with E-state index in [1.54, 1.807) is 29.2 Å². The summed E-state index contributed by atoms with van der Waals surface area (Å²) in [5.41, 5.74) is -0.472. The Labute approximate surface area is 145 Å². The molecule has 0 radical (unpaired) electrons. The number of aromatic amines is 1. The van der Waals surface area contributed by atoms with Gasteiger partial charge in [-0.1, -0.05) is 12.1 Å². The van der Waals surface area contributed by atoms with Crippen molar-refractivity contribution in [3.63, 3.8) is 0 Å². The van der Waals surface area contributed by atoms with Gasteiger partial charge < -0.3 is 14.8 Å². The topological polar surface area (TPSA) is 78.4 Å². The van der Waals surface area contributed by atoms with Gasteiger partial charge in [-0.05, 0) is 45.0 Å². The molecule has 0 atom stereocenters. The summed E-state index contributed by atoms with van der Waals surface area (Å²) in [6.45, 7) is 2.17. The number of fused-ring (bicyclic) bond motifs is 1. The molecule has 1 N–H and O–H groups in total. The minimum Gasteiger partial charge on any atom is -0.341 e. The van der Waals surface area contributed by atoms with Gasteiger partial charge in [0.1, 0.15) is 6.54 Å². The van der Waals surface area contributed by atoms with E-state index >= 15 is 0 Å². The highest BCUT2D eigenvalue weighted by Crippen LogP contribution is 2.17. The van der Waals surface area contributed by atoms with Crippen LogP contribution in [0.5, 0.6) is 0 Å². The predicted octanol–water partition coefficient (Wildman–Crippen LogP) is 0.490. The van der Waals surface area contributed by atoms with Crippen LogP contribution >= 0.6 is 0 Å². The number of amides is 1. The van der Waals surface area contributed by atoms with E-state index in [4.69, 9.17) is 0 Å². The third-order valence-electron chi connectivity index (χ3n) is 4.77. The van der Waals surface area contributed by atoms with Crippen molar-refractivity contribution < 1.29 is 4.79 Å². The first kappa shape index (κ1) is 17.4. The average Bonchev–Trinajstić information content (AvgIpc) is 2.58. The second kappa shape index (κ2) is 7.23. The molecule has 3 rings (SSSR count). The number of carbonyl (C=O) groups excluding carboxylic acids is 1. The molecule has 134 valence electrons.